The normalized spacial score (nSPS) is 13.6. The van der Waals surface area contributed by atoms with Crippen LogP contribution in [-0.4, -0.2) is 39.8 Å². The summed E-state index contributed by atoms with van der Waals surface area (Å²) in [6.07, 6.45) is -2.70. The zero-order chi connectivity index (χ0) is 14.3. The number of aliphatic hydroxyl groups excluding tert-OH is 1. The molecule has 0 saturated heterocycles. The number of carbonyl (C=O) groups excluding carboxylic acids is 1. The number of carbonyl (C=O) groups is 2. The Balaban J connectivity index is 2.64. The topological polar surface area (TPSA) is 83.8 Å². The van der Waals surface area contributed by atoms with Gasteiger partial charge in [0.15, 0.2) is 6.10 Å². The molecular weight excluding hydrogens is 268 g/mol. The number of esters is 1. The first-order chi connectivity index (χ1) is 9.06. The van der Waals surface area contributed by atoms with Crippen LogP contribution in [0.4, 0.5) is 0 Å². The summed E-state index contributed by atoms with van der Waals surface area (Å²) in [6.45, 7) is 1.88. The molecule has 6 heteroatoms. The van der Waals surface area contributed by atoms with Crippen molar-refractivity contribution in [2.45, 2.75) is 19.1 Å². The summed E-state index contributed by atoms with van der Waals surface area (Å²) in [5.74, 6) is -1.27. The van der Waals surface area contributed by atoms with E-state index in [-0.39, 0.29) is 5.75 Å². The average molecular weight is 284 g/mol. The van der Waals surface area contributed by atoms with E-state index in [0.717, 1.165) is 5.75 Å². The Morgan fingerprint density at radius 2 is 1.95 bits per heavy atom. The van der Waals surface area contributed by atoms with Crippen LogP contribution in [0.2, 0.25) is 0 Å². The van der Waals surface area contributed by atoms with E-state index in [4.69, 9.17) is 9.84 Å². The highest BCUT2D eigenvalue weighted by molar-refractivity contribution is 7.99. The molecule has 0 aliphatic heterocycles. The Morgan fingerprint density at radius 1 is 1.32 bits per heavy atom. The second kappa shape index (κ2) is 7.81. The summed E-state index contributed by atoms with van der Waals surface area (Å²) in [6, 6.07) is 8.24. The number of carboxylic acid groups (broad SMARTS) is 1. The molecule has 1 rings (SSSR count). The number of thioether (sulfide) groups is 1. The molecule has 0 fully saturated rings. The molecule has 104 valence electrons. The molecule has 0 spiro atoms. The Hall–Kier alpha value is -1.53. The number of hydrogen-bond acceptors (Lipinski definition) is 5. The summed E-state index contributed by atoms with van der Waals surface area (Å²) in [5, 5.41) is 18.7. The van der Waals surface area contributed by atoms with Crippen LogP contribution < -0.4 is 0 Å². The van der Waals surface area contributed by atoms with Crippen molar-refractivity contribution in [3.8, 4) is 0 Å². The molecule has 0 heterocycles. The minimum atomic E-state index is -1.46. The minimum Gasteiger partial charge on any atom is -0.478 e. The van der Waals surface area contributed by atoms with Crippen LogP contribution in [0.3, 0.4) is 0 Å². The van der Waals surface area contributed by atoms with Crippen LogP contribution in [0.1, 0.15) is 18.6 Å². The van der Waals surface area contributed by atoms with Gasteiger partial charge in [-0.1, -0.05) is 37.3 Å². The van der Waals surface area contributed by atoms with Crippen molar-refractivity contribution in [3.63, 3.8) is 0 Å². The third-order valence-electron chi connectivity index (χ3n) is 2.35. The molecule has 2 atom stereocenters. The Kier molecular flexibility index (Phi) is 6.38. The van der Waals surface area contributed by atoms with E-state index >= 15 is 0 Å². The molecule has 0 aromatic heterocycles. The quantitative estimate of drug-likeness (QED) is 0.738. The number of hydrogen-bond donors (Lipinski definition) is 2. The lowest BCUT2D eigenvalue weighted by atomic mass is 10.1. The molecule has 5 nitrogen and oxygen atoms in total. The maximum Gasteiger partial charge on any atom is 0.345 e. The fraction of sp³-hybridized carbons (Fsp3) is 0.385. The maximum atomic E-state index is 11.7. The lowest BCUT2D eigenvalue weighted by molar-refractivity contribution is -0.168. The zero-order valence-electron chi connectivity index (χ0n) is 10.5. The van der Waals surface area contributed by atoms with Crippen LogP contribution in [0.15, 0.2) is 30.3 Å². The Labute approximate surface area is 115 Å². The summed E-state index contributed by atoms with van der Waals surface area (Å²) >= 11 is 1.35. The number of aliphatic hydroxyl groups is 1. The molecule has 0 saturated carbocycles. The van der Waals surface area contributed by atoms with Crippen LogP contribution >= 0.6 is 11.8 Å². The first kappa shape index (κ1) is 15.5. The summed E-state index contributed by atoms with van der Waals surface area (Å²) < 4.78 is 4.82. The monoisotopic (exact) mass is 284 g/mol. The first-order valence-electron chi connectivity index (χ1n) is 5.80. The lowest BCUT2D eigenvalue weighted by Gasteiger charge is -2.16. The van der Waals surface area contributed by atoms with Gasteiger partial charge in [-0.15, -0.1) is 0 Å². The molecule has 0 aliphatic rings. The third kappa shape index (κ3) is 4.92. The van der Waals surface area contributed by atoms with Gasteiger partial charge in [-0.2, -0.15) is 11.8 Å². The fourth-order valence-corrected chi connectivity index (χ4v) is 2.02. The molecule has 2 N–H and O–H groups in total. The van der Waals surface area contributed by atoms with E-state index < -0.39 is 24.1 Å². The number of rotatable bonds is 7. The van der Waals surface area contributed by atoms with E-state index in [1.165, 1.54) is 11.8 Å². The maximum absolute atomic E-state index is 11.7. The largest absolute Gasteiger partial charge is 0.478 e. The second-order valence-corrected chi connectivity index (χ2v) is 5.06. The average Bonchev–Trinajstić information content (AvgIpc) is 2.43. The van der Waals surface area contributed by atoms with Gasteiger partial charge in [0, 0.05) is 5.75 Å². The molecule has 0 bridgehead atoms. The van der Waals surface area contributed by atoms with Gasteiger partial charge in [-0.3, -0.25) is 0 Å². The zero-order valence-corrected chi connectivity index (χ0v) is 11.3. The van der Waals surface area contributed by atoms with Crippen LogP contribution in [0.5, 0.6) is 0 Å². The highest BCUT2D eigenvalue weighted by atomic mass is 32.2. The smallest absolute Gasteiger partial charge is 0.345 e. The van der Waals surface area contributed by atoms with Gasteiger partial charge in [0.05, 0.1) is 0 Å². The van der Waals surface area contributed by atoms with Gasteiger partial charge in [0.25, 0.3) is 0 Å². The predicted octanol–water partition coefficient (Wildman–Crippen LogP) is 1.47. The van der Waals surface area contributed by atoms with Crippen LogP contribution in [0, 0.1) is 0 Å². The molecule has 2 unspecified atom stereocenters. The van der Waals surface area contributed by atoms with Crippen molar-refractivity contribution >= 4 is 23.7 Å². The number of benzene rings is 1. The van der Waals surface area contributed by atoms with E-state index in [0.29, 0.717) is 5.56 Å². The first-order valence-corrected chi connectivity index (χ1v) is 6.95. The summed E-state index contributed by atoms with van der Waals surface area (Å²) in [5.41, 5.74) is 0.375. The van der Waals surface area contributed by atoms with Gasteiger partial charge in [-0.05, 0) is 11.3 Å². The van der Waals surface area contributed by atoms with Gasteiger partial charge in [-0.25, -0.2) is 9.59 Å². The number of ether oxygens (including phenoxy) is 1. The molecule has 1 aromatic rings. The van der Waals surface area contributed by atoms with Crippen molar-refractivity contribution in [2.75, 3.05) is 11.5 Å². The van der Waals surface area contributed by atoms with Gasteiger partial charge in [0.2, 0.25) is 6.10 Å². The highest BCUT2D eigenvalue weighted by Crippen LogP contribution is 2.16. The number of aliphatic carboxylic acids is 1. The van der Waals surface area contributed by atoms with E-state index in [9.17, 15) is 14.7 Å². The molecule has 19 heavy (non-hydrogen) atoms. The van der Waals surface area contributed by atoms with Crippen molar-refractivity contribution in [1.82, 2.24) is 0 Å². The molecule has 0 aliphatic carbocycles. The van der Waals surface area contributed by atoms with Crippen molar-refractivity contribution < 1.29 is 24.5 Å². The Morgan fingerprint density at radius 3 is 2.47 bits per heavy atom. The standard InChI is InChI=1S/C13H16O5S/c1-2-19-8-10(12(15)16)18-13(17)11(14)9-6-4-3-5-7-9/h3-7,10-11,14H,2,8H2,1H3,(H,15,16). The number of carboxylic acids is 1. The summed E-state index contributed by atoms with van der Waals surface area (Å²) in [4.78, 5) is 22.6. The van der Waals surface area contributed by atoms with E-state index in [1.54, 1.807) is 30.3 Å². The van der Waals surface area contributed by atoms with Crippen LogP contribution in [0.25, 0.3) is 0 Å². The Bertz CT molecular complexity index is 420. The fourth-order valence-electron chi connectivity index (χ4n) is 1.36. The molecule has 0 amide bonds. The van der Waals surface area contributed by atoms with Crippen LogP contribution in [-0.2, 0) is 14.3 Å². The molecule has 1 aromatic carbocycles. The molecule has 0 radical (unpaired) electrons. The second-order valence-electron chi connectivity index (χ2n) is 3.74. The van der Waals surface area contributed by atoms with Crippen molar-refractivity contribution in [2.24, 2.45) is 0 Å². The minimum absolute atomic E-state index is 0.166. The van der Waals surface area contributed by atoms with Gasteiger partial charge >= 0.3 is 11.9 Å². The van der Waals surface area contributed by atoms with Gasteiger partial charge in [0.1, 0.15) is 0 Å². The predicted molar refractivity (Wildman–Crippen MR) is 71.9 cm³/mol. The van der Waals surface area contributed by atoms with E-state index in [1.807, 2.05) is 6.92 Å². The molecular formula is C13H16O5S. The van der Waals surface area contributed by atoms with Crippen molar-refractivity contribution in [1.29, 1.82) is 0 Å². The van der Waals surface area contributed by atoms with Gasteiger partial charge < -0.3 is 14.9 Å². The lowest BCUT2D eigenvalue weighted by Crippen LogP contribution is -2.31. The highest BCUT2D eigenvalue weighted by Gasteiger charge is 2.26. The van der Waals surface area contributed by atoms with E-state index in [2.05, 4.69) is 0 Å². The van der Waals surface area contributed by atoms with Crippen molar-refractivity contribution in [3.05, 3.63) is 35.9 Å². The third-order valence-corrected chi connectivity index (χ3v) is 3.29. The summed E-state index contributed by atoms with van der Waals surface area (Å²) in [7, 11) is 0. The SMILES string of the molecule is CCSCC(OC(=O)C(O)c1ccccc1)C(=O)O.